The first kappa shape index (κ1) is 23.3. The van der Waals surface area contributed by atoms with Crippen molar-refractivity contribution in [1.29, 1.82) is 0 Å². The fourth-order valence-corrected chi connectivity index (χ4v) is 3.33. The molecule has 0 amide bonds. The fraction of sp³-hybridized carbons (Fsp3) is 0.750. The molecule has 2 atom stereocenters. The summed E-state index contributed by atoms with van der Waals surface area (Å²) in [7, 11) is 1.71. The molecule has 3 rings (SSSR count). The van der Waals surface area contributed by atoms with Gasteiger partial charge < -0.3 is 28.4 Å². The summed E-state index contributed by atoms with van der Waals surface area (Å²) in [5.41, 5.74) is -0.394. The molecule has 1 heterocycles. The van der Waals surface area contributed by atoms with Crippen LogP contribution in [0.3, 0.4) is 0 Å². The van der Waals surface area contributed by atoms with E-state index < -0.39 is 5.60 Å². The zero-order valence-corrected chi connectivity index (χ0v) is 18.8. The van der Waals surface area contributed by atoms with Gasteiger partial charge in [0.25, 0.3) is 0 Å². The minimum absolute atomic E-state index is 0.0103. The van der Waals surface area contributed by atoms with Crippen molar-refractivity contribution < 1.29 is 28.4 Å². The van der Waals surface area contributed by atoms with Crippen molar-refractivity contribution in [2.45, 2.75) is 63.8 Å². The van der Waals surface area contributed by atoms with Gasteiger partial charge in [-0.05, 0) is 57.6 Å². The maximum absolute atomic E-state index is 6.26. The van der Waals surface area contributed by atoms with E-state index in [0.29, 0.717) is 19.8 Å². The third-order valence-corrected chi connectivity index (χ3v) is 5.20. The molecule has 0 spiro atoms. The van der Waals surface area contributed by atoms with Crippen LogP contribution in [0.25, 0.3) is 0 Å². The first-order valence-corrected chi connectivity index (χ1v) is 11.3. The zero-order chi connectivity index (χ0) is 21.2. The van der Waals surface area contributed by atoms with Crippen LogP contribution in [0.2, 0.25) is 0 Å². The van der Waals surface area contributed by atoms with Gasteiger partial charge in [-0.25, -0.2) is 0 Å². The number of rotatable bonds is 17. The molecule has 0 N–H and O–H groups in total. The van der Waals surface area contributed by atoms with Gasteiger partial charge in [0.2, 0.25) is 0 Å². The Hall–Kier alpha value is -1.34. The third kappa shape index (κ3) is 9.65. The van der Waals surface area contributed by atoms with Crippen LogP contribution in [0.15, 0.2) is 24.3 Å². The standard InChI is InChI=1S/C24H38O6/c1-24(2,30-21-8-6-7-20(13-21)28-17-23-18-29-23)14-22(16-25-3)27-12-5-4-11-26-15-19-9-10-19/h6-8,13,19,22-23H,4-5,9-12,14-18H2,1-3H3. The second kappa shape index (κ2) is 11.9. The van der Waals surface area contributed by atoms with Gasteiger partial charge in [-0.1, -0.05) is 6.07 Å². The van der Waals surface area contributed by atoms with Gasteiger partial charge in [-0.15, -0.1) is 0 Å². The third-order valence-electron chi connectivity index (χ3n) is 5.20. The van der Waals surface area contributed by atoms with E-state index in [9.17, 15) is 0 Å². The van der Waals surface area contributed by atoms with Crippen molar-refractivity contribution in [3.8, 4) is 11.5 Å². The van der Waals surface area contributed by atoms with E-state index in [2.05, 4.69) is 13.8 Å². The molecule has 0 aromatic heterocycles. The molecule has 0 radical (unpaired) electrons. The van der Waals surface area contributed by atoms with Gasteiger partial charge in [0.1, 0.15) is 29.8 Å². The van der Waals surface area contributed by atoms with Crippen molar-refractivity contribution >= 4 is 0 Å². The van der Waals surface area contributed by atoms with Gasteiger partial charge in [0, 0.05) is 39.4 Å². The summed E-state index contributed by atoms with van der Waals surface area (Å²) in [6.07, 6.45) is 5.67. The number of methoxy groups -OCH3 is 1. The van der Waals surface area contributed by atoms with E-state index in [1.54, 1.807) is 7.11 Å². The summed E-state index contributed by atoms with van der Waals surface area (Å²) in [5.74, 6) is 2.42. The first-order valence-electron chi connectivity index (χ1n) is 11.3. The Morgan fingerprint density at radius 2 is 1.87 bits per heavy atom. The molecule has 1 aromatic carbocycles. The monoisotopic (exact) mass is 422 g/mol. The van der Waals surface area contributed by atoms with E-state index >= 15 is 0 Å². The quantitative estimate of drug-likeness (QED) is 0.276. The molecule has 1 aliphatic carbocycles. The van der Waals surface area contributed by atoms with Crippen LogP contribution in [-0.2, 0) is 18.9 Å². The molecule has 1 saturated heterocycles. The van der Waals surface area contributed by atoms with Gasteiger partial charge in [-0.3, -0.25) is 0 Å². The van der Waals surface area contributed by atoms with Gasteiger partial charge in [0.15, 0.2) is 0 Å². The molecule has 1 aliphatic heterocycles. The average molecular weight is 423 g/mol. The minimum atomic E-state index is -0.394. The number of hydrogen-bond donors (Lipinski definition) is 0. The van der Waals surface area contributed by atoms with Crippen LogP contribution < -0.4 is 9.47 Å². The van der Waals surface area contributed by atoms with Crippen molar-refractivity contribution in [3.05, 3.63) is 24.3 Å². The number of benzene rings is 1. The molecule has 2 unspecified atom stereocenters. The number of epoxide rings is 1. The highest BCUT2D eigenvalue weighted by Crippen LogP contribution is 2.29. The van der Waals surface area contributed by atoms with Crippen LogP contribution in [0, 0.1) is 5.92 Å². The van der Waals surface area contributed by atoms with Crippen molar-refractivity contribution in [1.82, 2.24) is 0 Å². The molecule has 2 aliphatic rings. The largest absolute Gasteiger partial charge is 0.491 e. The Bertz CT molecular complexity index is 611. The molecule has 170 valence electrons. The lowest BCUT2D eigenvalue weighted by Crippen LogP contribution is -2.36. The maximum Gasteiger partial charge on any atom is 0.123 e. The van der Waals surface area contributed by atoms with Crippen LogP contribution in [-0.4, -0.2) is 64.6 Å². The Kier molecular flexibility index (Phi) is 9.25. The summed E-state index contributed by atoms with van der Waals surface area (Å²) in [6, 6.07) is 7.77. The highest BCUT2D eigenvalue weighted by molar-refractivity contribution is 5.33. The molecule has 6 nitrogen and oxygen atoms in total. The van der Waals surface area contributed by atoms with Gasteiger partial charge >= 0.3 is 0 Å². The summed E-state index contributed by atoms with van der Waals surface area (Å²) < 4.78 is 34.4. The molecule has 6 heteroatoms. The predicted octanol–water partition coefficient (Wildman–Crippen LogP) is 4.25. The second-order valence-corrected chi connectivity index (χ2v) is 8.98. The van der Waals surface area contributed by atoms with Crippen LogP contribution in [0.4, 0.5) is 0 Å². The molecule has 1 saturated carbocycles. The van der Waals surface area contributed by atoms with Gasteiger partial charge in [-0.2, -0.15) is 0 Å². The van der Waals surface area contributed by atoms with E-state index in [-0.39, 0.29) is 12.2 Å². The summed E-state index contributed by atoms with van der Waals surface area (Å²) in [4.78, 5) is 0. The number of unbranched alkanes of at least 4 members (excludes halogenated alkanes) is 1. The summed E-state index contributed by atoms with van der Waals surface area (Å²) in [6.45, 7) is 8.55. The number of ether oxygens (including phenoxy) is 6. The van der Waals surface area contributed by atoms with Crippen LogP contribution >= 0.6 is 0 Å². The Balaban J connectivity index is 1.37. The summed E-state index contributed by atoms with van der Waals surface area (Å²) >= 11 is 0. The lowest BCUT2D eigenvalue weighted by molar-refractivity contribution is -0.0453. The highest BCUT2D eigenvalue weighted by Gasteiger charge is 2.27. The minimum Gasteiger partial charge on any atom is -0.491 e. The normalized spacial score (nSPS) is 19.5. The first-order chi connectivity index (χ1) is 14.5. The molecule has 0 bridgehead atoms. The van der Waals surface area contributed by atoms with Crippen molar-refractivity contribution in [2.75, 3.05) is 46.8 Å². The topological polar surface area (TPSA) is 58.7 Å². The lowest BCUT2D eigenvalue weighted by Gasteiger charge is -2.30. The zero-order valence-electron chi connectivity index (χ0n) is 18.8. The Morgan fingerprint density at radius 3 is 2.60 bits per heavy atom. The Labute approximate surface area is 181 Å². The maximum atomic E-state index is 6.26. The van der Waals surface area contributed by atoms with Gasteiger partial charge in [0.05, 0.1) is 19.3 Å². The Morgan fingerprint density at radius 1 is 1.10 bits per heavy atom. The SMILES string of the molecule is COCC(CC(C)(C)Oc1cccc(OCC2CO2)c1)OCCCCOCC1CC1. The van der Waals surface area contributed by atoms with Crippen LogP contribution in [0.1, 0.15) is 46.0 Å². The van der Waals surface area contributed by atoms with Crippen LogP contribution in [0.5, 0.6) is 11.5 Å². The second-order valence-electron chi connectivity index (χ2n) is 8.98. The fourth-order valence-electron chi connectivity index (χ4n) is 3.33. The predicted molar refractivity (Wildman–Crippen MR) is 115 cm³/mol. The van der Waals surface area contributed by atoms with E-state index in [4.69, 9.17) is 28.4 Å². The molecule has 1 aromatic rings. The van der Waals surface area contributed by atoms with E-state index in [1.807, 2.05) is 24.3 Å². The van der Waals surface area contributed by atoms with E-state index in [1.165, 1.54) is 12.8 Å². The lowest BCUT2D eigenvalue weighted by atomic mass is 10.0. The molecular formula is C24H38O6. The van der Waals surface area contributed by atoms with Crippen molar-refractivity contribution in [2.24, 2.45) is 5.92 Å². The average Bonchev–Trinajstić information content (AvgIpc) is 3.60. The number of hydrogen-bond acceptors (Lipinski definition) is 6. The molecule has 30 heavy (non-hydrogen) atoms. The van der Waals surface area contributed by atoms with E-state index in [0.717, 1.165) is 56.5 Å². The van der Waals surface area contributed by atoms with Crippen molar-refractivity contribution in [3.63, 3.8) is 0 Å². The summed E-state index contributed by atoms with van der Waals surface area (Å²) in [5, 5.41) is 0. The molecular weight excluding hydrogens is 384 g/mol. The smallest absolute Gasteiger partial charge is 0.123 e. The molecule has 2 fully saturated rings. The highest BCUT2D eigenvalue weighted by atomic mass is 16.6.